The third-order valence-corrected chi connectivity index (χ3v) is 4.86. The molecule has 134 valence electrons. The molecule has 0 unspecified atom stereocenters. The Balaban J connectivity index is 1.68. The van der Waals surface area contributed by atoms with Crippen LogP contribution in [0.25, 0.3) is 0 Å². The van der Waals surface area contributed by atoms with Crippen molar-refractivity contribution in [1.82, 2.24) is 9.78 Å². The largest absolute Gasteiger partial charge is 0.378 e. The van der Waals surface area contributed by atoms with E-state index in [0.29, 0.717) is 6.42 Å². The van der Waals surface area contributed by atoms with Crippen LogP contribution in [0.3, 0.4) is 0 Å². The molecule has 0 atom stereocenters. The number of nitrogens with one attached hydrogen (secondary N) is 1. The Morgan fingerprint density at radius 1 is 1.24 bits per heavy atom. The number of amides is 1. The van der Waals surface area contributed by atoms with Gasteiger partial charge < -0.3 is 15.0 Å². The van der Waals surface area contributed by atoms with Gasteiger partial charge >= 0.3 is 0 Å². The van der Waals surface area contributed by atoms with Crippen LogP contribution in [-0.4, -0.2) is 42.0 Å². The van der Waals surface area contributed by atoms with Gasteiger partial charge in [-0.2, -0.15) is 5.10 Å². The van der Waals surface area contributed by atoms with Gasteiger partial charge in [-0.3, -0.25) is 9.48 Å². The molecule has 25 heavy (non-hydrogen) atoms. The van der Waals surface area contributed by atoms with Crippen molar-refractivity contribution >= 4 is 17.3 Å². The van der Waals surface area contributed by atoms with E-state index in [9.17, 15) is 4.79 Å². The van der Waals surface area contributed by atoms with Gasteiger partial charge in [0.1, 0.15) is 0 Å². The number of morpholine rings is 1. The van der Waals surface area contributed by atoms with Gasteiger partial charge in [0, 0.05) is 42.8 Å². The molecule has 0 bridgehead atoms. The van der Waals surface area contributed by atoms with E-state index in [1.807, 2.05) is 38.6 Å². The number of benzene rings is 1. The van der Waals surface area contributed by atoms with Gasteiger partial charge in [-0.1, -0.05) is 0 Å². The Bertz CT molecular complexity index is 776. The first kappa shape index (κ1) is 17.5. The molecule has 0 saturated carbocycles. The summed E-state index contributed by atoms with van der Waals surface area (Å²) in [5.74, 6) is -0.0126. The second kappa shape index (κ2) is 7.27. The number of carbonyl (C=O) groups is 1. The van der Waals surface area contributed by atoms with Crippen LogP contribution in [0.1, 0.15) is 22.5 Å². The molecule has 1 amide bonds. The minimum absolute atomic E-state index is 0.0126. The van der Waals surface area contributed by atoms with Crippen LogP contribution in [0.5, 0.6) is 0 Å². The zero-order valence-corrected chi connectivity index (χ0v) is 15.4. The highest BCUT2D eigenvalue weighted by Crippen LogP contribution is 2.24. The zero-order valence-electron chi connectivity index (χ0n) is 15.4. The second-order valence-electron chi connectivity index (χ2n) is 6.60. The Morgan fingerprint density at radius 2 is 1.96 bits per heavy atom. The van der Waals surface area contributed by atoms with E-state index < -0.39 is 0 Å². The van der Waals surface area contributed by atoms with Gasteiger partial charge in [0.15, 0.2) is 0 Å². The molecule has 2 heterocycles. The topological polar surface area (TPSA) is 59.4 Å². The molecule has 0 spiro atoms. The average Bonchev–Trinajstić information content (AvgIpc) is 2.84. The van der Waals surface area contributed by atoms with Crippen LogP contribution in [0.2, 0.25) is 0 Å². The number of carbonyl (C=O) groups excluding carboxylic acids is 1. The highest BCUT2D eigenvalue weighted by atomic mass is 16.5. The molecule has 2 aromatic rings. The molecule has 6 nitrogen and oxygen atoms in total. The first-order chi connectivity index (χ1) is 12.0. The first-order valence-electron chi connectivity index (χ1n) is 8.68. The molecule has 6 heteroatoms. The molecule has 1 N–H and O–H groups in total. The summed E-state index contributed by atoms with van der Waals surface area (Å²) >= 11 is 0. The SMILES string of the molecule is Cc1cc(N2CCOCC2)ccc1NC(=O)Cc1c(C)nn(C)c1C. The molecule has 0 radical (unpaired) electrons. The maximum Gasteiger partial charge on any atom is 0.228 e. The van der Waals surface area contributed by atoms with Crippen molar-refractivity contribution in [3.63, 3.8) is 0 Å². The first-order valence-corrected chi connectivity index (χ1v) is 8.68. The fourth-order valence-corrected chi connectivity index (χ4v) is 3.23. The minimum atomic E-state index is -0.0126. The van der Waals surface area contributed by atoms with Crippen molar-refractivity contribution in [2.75, 3.05) is 36.5 Å². The number of rotatable bonds is 4. The summed E-state index contributed by atoms with van der Waals surface area (Å²) in [6.45, 7) is 9.31. The highest BCUT2D eigenvalue weighted by molar-refractivity contribution is 5.93. The predicted molar refractivity (Wildman–Crippen MR) is 99.2 cm³/mol. The van der Waals surface area contributed by atoms with Crippen molar-refractivity contribution in [3.05, 3.63) is 40.7 Å². The van der Waals surface area contributed by atoms with Crippen LogP contribution in [0, 0.1) is 20.8 Å². The van der Waals surface area contributed by atoms with Gasteiger partial charge in [-0.15, -0.1) is 0 Å². The number of aromatic nitrogens is 2. The predicted octanol–water partition coefficient (Wildman–Crippen LogP) is 2.36. The van der Waals surface area contributed by atoms with E-state index in [1.54, 1.807) is 0 Å². The Morgan fingerprint density at radius 3 is 2.56 bits per heavy atom. The molecule has 1 aromatic heterocycles. The van der Waals surface area contributed by atoms with Crippen LogP contribution in [0.15, 0.2) is 18.2 Å². The van der Waals surface area contributed by atoms with E-state index in [2.05, 4.69) is 27.4 Å². The quantitative estimate of drug-likeness (QED) is 0.927. The van der Waals surface area contributed by atoms with Crippen LogP contribution in [-0.2, 0) is 23.0 Å². The van der Waals surface area contributed by atoms with E-state index in [0.717, 1.165) is 54.5 Å². The Hall–Kier alpha value is -2.34. The molecule has 1 fully saturated rings. The number of hydrogen-bond donors (Lipinski definition) is 1. The summed E-state index contributed by atoms with van der Waals surface area (Å²) in [4.78, 5) is 14.8. The highest BCUT2D eigenvalue weighted by Gasteiger charge is 2.15. The molecule has 0 aliphatic carbocycles. The fraction of sp³-hybridized carbons (Fsp3) is 0.474. The van der Waals surface area contributed by atoms with Crippen molar-refractivity contribution in [2.24, 2.45) is 7.05 Å². The van der Waals surface area contributed by atoms with Gasteiger partial charge in [0.2, 0.25) is 5.91 Å². The van der Waals surface area contributed by atoms with E-state index >= 15 is 0 Å². The molecule has 1 aromatic carbocycles. The fourth-order valence-electron chi connectivity index (χ4n) is 3.23. The number of anilines is 2. The van der Waals surface area contributed by atoms with Crippen molar-refractivity contribution < 1.29 is 9.53 Å². The third kappa shape index (κ3) is 3.85. The Kier molecular flexibility index (Phi) is 5.08. The van der Waals surface area contributed by atoms with Crippen LogP contribution in [0.4, 0.5) is 11.4 Å². The zero-order chi connectivity index (χ0) is 18.0. The number of aryl methyl sites for hydroxylation is 3. The minimum Gasteiger partial charge on any atom is -0.378 e. The molecular formula is C19H26N4O2. The van der Waals surface area contributed by atoms with Gasteiger partial charge in [-0.25, -0.2) is 0 Å². The summed E-state index contributed by atoms with van der Waals surface area (Å²) in [6, 6.07) is 6.18. The van der Waals surface area contributed by atoms with E-state index in [-0.39, 0.29) is 5.91 Å². The average molecular weight is 342 g/mol. The molecule has 1 aliphatic rings. The molecular weight excluding hydrogens is 316 g/mol. The van der Waals surface area contributed by atoms with Crippen LogP contribution < -0.4 is 10.2 Å². The van der Waals surface area contributed by atoms with Crippen molar-refractivity contribution in [2.45, 2.75) is 27.2 Å². The Labute approximate surface area is 148 Å². The number of hydrogen-bond acceptors (Lipinski definition) is 4. The van der Waals surface area contributed by atoms with Crippen molar-refractivity contribution in [3.8, 4) is 0 Å². The monoisotopic (exact) mass is 342 g/mol. The van der Waals surface area contributed by atoms with E-state index in [4.69, 9.17) is 4.74 Å². The standard InChI is InChI=1S/C19H26N4O2/c1-13-11-16(23-7-9-25-10-8-23)5-6-18(13)20-19(24)12-17-14(2)21-22(4)15(17)3/h5-6,11H,7-10,12H2,1-4H3,(H,20,24). The smallest absolute Gasteiger partial charge is 0.228 e. The maximum atomic E-state index is 12.5. The summed E-state index contributed by atoms with van der Waals surface area (Å²) in [6.07, 6.45) is 0.343. The lowest BCUT2D eigenvalue weighted by Gasteiger charge is -2.29. The van der Waals surface area contributed by atoms with Gasteiger partial charge in [-0.05, 0) is 44.5 Å². The summed E-state index contributed by atoms with van der Waals surface area (Å²) < 4.78 is 7.22. The maximum absolute atomic E-state index is 12.5. The third-order valence-electron chi connectivity index (χ3n) is 4.86. The van der Waals surface area contributed by atoms with Crippen LogP contribution >= 0.6 is 0 Å². The summed E-state index contributed by atoms with van der Waals surface area (Å²) in [5, 5.41) is 7.41. The lowest BCUT2D eigenvalue weighted by molar-refractivity contribution is -0.115. The number of nitrogens with zero attached hydrogens (tertiary/aromatic N) is 3. The molecule has 1 aliphatic heterocycles. The second-order valence-corrected chi connectivity index (χ2v) is 6.60. The number of ether oxygens (including phenoxy) is 1. The lowest BCUT2D eigenvalue weighted by atomic mass is 10.1. The van der Waals surface area contributed by atoms with Gasteiger partial charge in [0.25, 0.3) is 0 Å². The normalized spacial score (nSPS) is 14.6. The molecule has 3 rings (SSSR count). The summed E-state index contributed by atoms with van der Waals surface area (Å²) in [5.41, 5.74) is 6.06. The molecule has 1 saturated heterocycles. The summed E-state index contributed by atoms with van der Waals surface area (Å²) in [7, 11) is 1.90. The lowest BCUT2D eigenvalue weighted by Crippen LogP contribution is -2.36. The van der Waals surface area contributed by atoms with Gasteiger partial charge in [0.05, 0.1) is 25.3 Å². The van der Waals surface area contributed by atoms with E-state index in [1.165, 1.54) is 5.69 Å². The van der Waals surface area contributed by atoms with Crippen molar-refractivity contribution in [1.29, 1.82) is 0 Å².